The lowest BCUT2D eigenvalue weighted by atomic mass is 10.1. The van der Waals surface area contributed by atoms with E-state index >= 15 is 0 Å². The lowest BCUT2D eigenvalue weighted by molar-refractivity contribution is 0.0659. The van der Waals surface area contributed by atoms with Crippen molar-refractivity contribution in [2.24, 2.45) is 5.10 Å². The van der Waals surface area contributed by atoms with Crippen LogP contribution < -0.4 is 10.3 Å². The summed E-state index contributed by atoms with van der Waals surface area (Å²) in [5.74, 6) is 0. The normalized spacial score (nSPS) is 15.1. The zero-order valence-corrected chi connectivity index (χ0v) is 19.0. The lowest BCUT2D eigenvalue weighted by Crippen LogP contribution is -2.49. The highest BCUT2D eigenvalue weighted by Gasteiger charge is 2.26. The van der Waals surface area contributed by atoms with Crippen molar-refractivity contribution >= 4 is 46.3 Å². The van der Waals surface area contributed by atoms with Crippen molar-refractivity contribution in [3.8, 4) is 0 Å². The van der Waals surface area contributed by atoms with Crippen molar-refractivity contribution in [2.75, 3.05) is 58.4 Å². The Kier molecular flexibility index (Phi) is 8.01. The Morgan fingerprint density at radius 2 is 1.72 bits per heavy atom. The minimum atomic E-state index is -1.35. The molecule has 1 fully saturated rings. The maximum absolute atomic E-state index is 13.3. The number of piperazine rings is 1. The van der Waals surface area contributed by atoms with Crippen LogP contribution >= 0.6 is 0 Å². The number of nitrogens with one attached hydrogen (secondary N) is 1. The predicted molar refractivity (Wildman–Crippen MR) is 123 cm³/mol. The van der Waals surface area contributed by atoms with Crippen LogP contribution in [0.5, 0.6) is 0 Å². The number of carbonyl (C=O) groups excluding carboxylic acids is 2. The van der Waals surface area contributed by atoms with E-state index in [0.717, 1.165) is 21.4 Å². The van der Waals surface area contributed by atoms with Crippen molar-refractivity contribution in [1.29, 1.82) is 0 Å². The molecule has 0 aliphatic carbocycles. The van der Waals surface area contributed by atoms with E-state index in [0.29, 0.717) is 26.2 Å². The largest absolute Gasteiger partial charge is 0.446 e. The molecular weight excluding hydrogens is 434 g/mol. The van der Waals surface area contributed by atoms with Gasteiger partial charge in [0.2, 0.25) is 0 Å². The first kappa shape index (κ1) is 23.5. The molecule has 1 aliphatic rings. The molecule has 1 aliphatic heterocycles. The highest BCUT2D eigenvalue weighted by atomic mass is 32.2. The van der Waals surface area contributed by atoms with Gasteiger partial charge in [0.15, 0.2) is 0 Å². The molecule has 0 aromatic heterocycles. The van der Waals surface area contributed by atoms with Crippen LogP contribution in [0.4, 0.5) is 15.3 Å². The van der Waals surface area contributed by atoms with Gasteiger partial charge in [0.05, 0.1) is 4.90 Å². The summed E-state index contributed by atoms with van der Waals surface area (Å²) in [7, 11) is 2.61. The van der Waals surface area contributed by atoms with Gasteiger partial charge in [0.25, 0.3) is 0 Å². The summed E-state index contributed by atoms with van der Waals surface area (Å²) in [6, 6.07) is 11.8. The number of hydrazone groups is 1. The quantitative estimate of drug-likeness (QED) is 0.384. The smallest absolute Gasteiger partial charge is 0.427 e. The SMILES string of the molecule is C=NNC(=O)OCCOC(=O)N1CCN(S(=O)c2cccc3c(N(C)C)cccc23)CC1. The number of hydrogen-bond donors (Lipinski definition) is 1. The number of ether oxygens (including phenoxy) is 2. The molecule has 2 aromatic carbocycles. The summed E-state index contributed by atoms with van der Waals surface area (Å²) >= 11 is 0. The number of carbonyl (C=O) groups is 2. The van der Waals surface area contributed by atoms with Gasteiger partial charge in [0, 0.05) is 63.5 Å². The zero-order chi connectivity index (χ0) is 23.1. The molecule has 0 saturated carbocycles. The van der Waals surface area contributed by atoms with Crippen LogP contribution in [-0.2, 0) is 20.5 Å². The molecule has 11 heteroatoms. The van der Waals surface area contributed by atoms with E-state index in [9.17, 15) is 13.8 Å². The van der Waals surface area contributed by atoms with E-state index in [1.54, 1.807) is 4.90 Å². The molecule has 0 bridgehead atoms. The van der Waals surface area contributed by atoms with Gasteiger partial charge >= 0.3 is 12.2 Å². The summed E-state index contributed by atoms with van der Waals surface area (Å²) in [4.78, 5) is 27.6. The molecule has 3 rings (SSSR count). The van der Waals surface area contributed by atoms with Crippen LogP contribution in [0.1, 0.15) is 0 Å². The summed E-state index contributed by atoms with van der Waals surface area (Å²) in [5, 5.41) is 5.17. The molecular formula is C21H27N5O5S. The van der Waals surface area contributed by atoms with Crippen molar-refractivity contribution in [1.82, 2.24) is 14.6 Å². The first-order valence-electron chi connectivity index (χ1n) is 10.1. The Labute approximate surface area is 189 Å². The Morgan fingerprint density at radius 1 is 1.06 bits per heavy atom. The molecule has 1 atom stereocenters. The summed E-state index contributed by atoms with van der Waals surface area (Å²) in [6.45, 7) is 4.63. The molecule has 1 N–H and O–H groups in total. The van der Waals surface area contributed by atoms with Gasteiger partial charge in [-0.05, 0) is 12.1 Å². The first-order chi connectivity index (χ1) is 15.4. The minimum absolute atomic E-state index is 0.0697. The van der Waals surface area contributed by atoms with Crippen LogP contribution in [-0.4, -0.2) is 85.8 Å². The van der Waals surface area contributed by atoms with Crippen LogP contribution in [0.15, 0.2) is 46.4 Å². The second-order valence-corrected chi connectivity index (χ2v) is 8.66. The van der Waals surface area contributed by atoms with Crippen molar-refractivity contribution in [3.05, 3.63) is 36.4 Å². The molecule has 0 spiro atoms. The molecule has 10 nitrogen and oxygen atoms in total. The molecule has 1 unspecified atom stereocenters. The minimum Gasteiger partial charge on any atom is -0.446 e. The second-order valence-electron chi connectivity index (χ2n) is 7.21. The van der Waals surface area contributed by atoms with E-state index in [2.05, 4.69) is 11.8 Å². The molecule has 172 valence electrons. The van der Waals surface area contributed by atoms with Gasteiger partial charge in [-0.1, -0.05) is 24.3 Å². The van der Waals surface area contributed by atoms with Gasteiger partial charge in [-0.2, -0.15) is 5.10 Å². The van der Waals surface area contributed by atoms with Crippen molar-refractivity contribution in [3.63, 3.8) is 0 Å². The molecule has 1 heterocycles. The number of fused-ring (bicyclic) bond motifs is 1. The summed E-state index contributed by atoms with van der Waals surface area (Å²) < 4.78 is 25.0. The van der Waals surface area contributed by atoms with E-state index in [-0.39, 0.29) is 13.2 Å². The maximum atomic E-state index is 13.3. The number of benzene rings is 2. The van der Waals surface area contributed by atoms with Crippen LogP contribution in [0.2, 0.25) is 0 Å². The van der Waals surface area contributed by atoms with Crippen molar-refractivity contribution < 1.29 is 23.3 Å². The predicted octanol–water partition coefficient (Wildman–Crippen LogP) is 2.02. The fraction of sp³-hybridized carbons (Fsp3) is 0.381. The number of hydrogen-bond acceptors (Lipinski definition) is 7. The zero-order valence-electron chi connectivity index (χ0n) is 18.2. The lowest BCUT2D eigenvalue weighted by Gasteiger charge is -2.33. The van der Waals surface area contributed by atoms with Gasteiger partial charge in [-0.3, -0.25) is 0 Å². The highest BCUT2D eigenvalue weighted by molar-refractivity contribution is 7.83. The standard InChI is InChI=1S/C21H27N5O5S/c1-22-23-20(27)30-14-15-31-21(28)25-10-12-26(13-11-25)32(29)19-9-5-6-16-17(19)7-4-8-18(16)24(2)3/h4-9H,1,10-15H2,2-3H3,(H,23,27). The molecule has 2 amide bonds. The highest BCUT2D eigenvalue weighted by Crippen LogP contribution is 2.30. The topological polar surface area (TPSA) is 104 Å². The summed E-state index contributed by atoms with van der Waals surface area (Å²) in [5.41, 5.74) is 3.08. The second kappa shape index (κ2) is 10.9. The Morgan fingerprint density at radius 3 is 2.41 bits per heavy atom. The number of nitrogens with zero attached hydrogens (tertiary/aromatic N) is 4. The number of amides is 2. The number of anilines is 1. The monoisotopic (exact) mass is 461 g/mol. The Balaban J connectivity index is 1.56. The average Bonchev–Trinajstić information content (AvgIpc) is 2.80. The van der Waals surface area contributed by atoms with Gasteiger partial charge < -0.3 is 19.3 Å². The third-order valence-corrected chi connectivity index (χ3v) is 6.54. The fourth-order valence-corrected chi connectivity index (χ4v) is 4.77. The Bertz CT molecular complexity index is 1010. The van der Waals surface area contributed by atoms with E-state index in [1.807, 2.05) is 65.1 Å². The molecule has 0 radical (unpaired) electrons. The van der Waals surface area contributed by atoms with Crippen LogP contribution in [0.25, 0.3) is 10.8 Å². The maximum Gasteiger partial charge on any atom is 0.427 e. The van der Waals surface area contributed by atoms with Gasteiger partial charge in [0.1, 0.15) is 24.2 Å². The third kappa shape index (κ3) is 5.54. The molecule has 2 aromatic rings. The van der Waals surface area contributed by atoms with E-state index < -0.39 is 23.2 Å². The average molecular weight is 462 g/mol. The van der Waals surface area contributed by atoms with E-state index in [1.165, 1.54) is 0 Å². The fourth-order valence-electron chi connectivity index (χ4n) is 3.43. The molecule has 32 heavy (non-hydrogen) atoms. The molecule has 1 saturated heterocycles. The van der Waals surface area contributed by atoms with Gasteiger partial charge in [-0.25, -0.2) is 23.5 Å². The van der Waals surface area contributed by atoms with Crippen LogP contribution in [0.3, 0.4) is 0 Å². The van der Waals surface area contributed by atoms with Gasteiger partial charge in [-0.15, -0.1) is 0 Å². The number of rotatable bonds is 7. The van der Waals surface area contributed by atoms with Crippen molar-refractivity contribution in [2.45, 2.75) is 4.90 Å². The van der Waals surface area contributed by atoms with Crippen LogP contribution in [0, 0.1) is 0 Å². The third-order valence-electron chi connectivity index (χ3n) is 4.97. The Hall–Kier alpha value is -3.18. The first-order valence-corrected chi connectivity index (χ1v) is 11.2. The van der Waals surface area contributed by atoms with E-state index in [4.69, 9.17) is 9.47 Å². The summed E-state index contributed by atoms with van der Waals surface area (Å²) in [6.07, 6.45) is -1.26.